The summed E-state index contributed by atoms with van der Waals surface area (Å²) in [5.41, 5.74) is 4.00. The summed E-state index contributed by atoms with van der Waals surface area (Å²) in [5, 5.41) is 4.88. The summed E-state index contributed by atoms with van der Waals surface area (Å²) in [6.45, 7) is 0.599. The minimum absolute atomic E-state index is 0.0709. The normalized spacial score (nSPS) is 18.2. The highest BCUT2D eigenvalue weighted by atomic mass is 35.5. The first kappa shape index (κ1) is 19.7. The zero-order valence-corrected chi connectivity index (χ0v) is 18.2. The predicted molar refractivity (Wildman–Crippen MR) is 126 cm³/mol. The summed E-state index contributed by atoms with van der Waals surface area (Å²) in [7, 11) is 0. The van der Waals surface area contributed by atoms with Crippen molar-refractivity contribution in [3.63, 3.8) is 0 Å². The zero-order chi connectivity index (χ0) is 21.2. The zero-order valence-electron chi connectivity index (χ0n) is 16.6. The maximum atomic E-state index is 6.28. The van der Waals surface area contributed by atoms with Crippen LogP contribution in [0, 0.1) is 0 Å². The Morgan fingerprint density at radius 3 is 2.52 bits per heavy atom. The van der Waals surface area contributed by atoms with E-state index < -0.39 is 0 Å². The number of benzene rings is 1. The Bertz CT molecular complexity index is 1190. The van der Waals surface area contributed by atoms with E-state index in [1.54, 1.807) is 0 Å². The van der Waals surface area contributed by atoms with E-state index in [2.05, 4.69) is 43.1 Å². The number of hydrogen-bond donors (Lipinski definition) is 1. The largest absolute Gasteiger partial charge is 0.352 e. The van der Waals surface area contributed by atoms with E-state index >= 15 is 0 Å². The van der Waals surface area contributed by atoms with Crippen LogP contribution in [0.15, 0.2) is 91.4 Å². The number of hydrogen-bond acceptors (Lipinski definition) is 3. The number of rotatable bonds is 5. The number of nitrogens with zero attached hydrogens (tertiary/aromatic N) is 4. The average Bonchev–Trinajstić information content (AvgIpc) is 3.40. The summed E-state index contributed by atoms with van der Waals surface area (Å²) in [4.78, 5) is 11.3. The Morgan fingerprint density at radius 2 is 1.77 bits per heavy atom. The van der Waals surface area contributed by atoms with Gasteiger partial charge in [-0.1, -0.05) is 29.8 Å². The molecule has 154 valence electrons. The minimum Gasteiger partial charge on any atom is -0.352 e. The maximum Gasteiger partial charge on any atom is 0.170 e. The number of nitrogens with one attached hydrogen (secondary N) is 1. The van der Waals surface area contributed by atoms with Crippen LogP contribution in [0.25, 0.3) is 5.69 Å². The molecule has 1 aliphatic rings. The number of thiocarbonyl (C=S) groups is 1. The first-order valence-corrected chi connectivity index (χ1v) is 10.8. The summed E-state index contributed by atoms with van der Waals surface area (Å²) in [6.07, 6.45) is 5.67. The molecule has 0 radical (unpaired) electrons. The van der Waals surface area contributed by atoms with Crippen molar-refractivity contribution < 1.29 is 0 Å². The third kappa shape index (κ3) is 3.92. The first-order valence-electron chi connectivity index (χ1n) is 10.0. The molecule has 5 nitrogen and oxygen atoms in total. The molecule has 1 saturated heterocycles. The Balaban J connectivity index is 1.61. The van der Waals surface area contributed by atoms with Crippen LogP contribution in [-0.4, -0.2) is 24.5 Å². The monoisotopic (exact) mass is 445 g/mol. The van der Waals surface area contributed by atoms with Crippen molar-refractivity contribution in [2.24, 2.45) is 0 Å². The number of aromatic nitrogens is 3. The van der Waals surface area contributed by atoms with E-state index in [0.29, 0.717) is 16.7 Å². The number of pyridine rings is 2. The molecule has 3 aromatic heterocycles. The van der Waals surface area contributed by atoms with Crippen LogP contribution in [0.4, 0.5) is 0 Å². The van der Waals surface area contributed by atoms with Gasteiger partial charge in [-0.25, -0.2) is 0 Å². The second-order valence-corrected chi connectivity index (χ2v) is 8.18. The van der Waals surface area contributed by atoms with Gasteiger partial charge in [0.25, 0.3) is 0 Å². The van der Waals surface area contributed by atoms with Crippen LogP contribution in [0.1, 0.15) is 29.2 Å². The van der Waals surface area contributed by atoms with Crippen molar-refractivity contribution in [2.45, 2.75) is 18.6 Å². The standard InChI is InChI=1S/C24H20ClN5S/c25-17-7-5-9-19(15-17)29-14-6-11-21(29)23-22(20-10-2-4-13-27-20)28-24(31)30(23)16-18-8-1-3-12-26-18/h1-15,22-23H,16H2,(H,28,31)/t22-,23-/m1/s1. The molecule has 1 N–H and O–H groups in total. The van der Waals surface area contributed by atoms with E-state index in [1.165, 1.54) is 0 Å². The van der Waals surface area contributed by atoms with Crippen LogP contribution in [-0.2, 0) is 6.54 Å². The van der Waals surface area contributed by atoms with Crippen molar-refractivity contribution in [1.29, 1.82) is 0 Å². The topological polar surface area (TPSA) is 46.0 Å². The lowest BCUT2D eigenvalue weighted by molar-refractivity contribution is 0.299. The molecule has 0 amide bonds. The quantitative estimate of drug-likeness (QED) is 0.433. The van der Waals surface area contributed by atoms with E-state index in [4.69, 9.17) is 23.8 Å². The van der Waals surface area contributed by atoms with Crippen molar-refractivity contribution in [2.75, 3.05) is 0 Å². The minimum atomic E-state index is -0.0924. The molecule has 31 heavy (non-hydrogen) atoms. The van der Waals surface area contributed by atoms with Gasteiger partial charge in [0.1, 0.15) is 0 Å². The van der Waals surface area contributed by atoms with E-state index in [0.717, 1.165) is 22.8 Å². The van der Waals surface area contributed by atoms with E-state index in [-0.39, 0.29) is 12.1 Å². The lowest BCUT2D eigenvalue weighted by atomic mass is 10.0. The van der Waals surface area contributed by atoms with Crippen LogP contribution in [0.3, 0.4) is 0 Å². The van der Waals surface area contributed by atoms with Gasteiger partial charge in [-0.15, -0.1) is 0 Å². The van der Waals surface area contributed by atoms with E-state index in [9.17, 15) is 0 Å². The molecule has 0 aliphatic carbocycles. The predicted octanol–water partition coefficient (Wildman–Crippen LogP) is 5.09. The summed E-state index contributed by atoms with van der Waals surface area (Å²) < 4.78 is 2.16. The Morgan fingerprint density at radius 1 is 0.935 bits per heavy atom. The second kappa shape index (κ2) is 8.49. The molecule has 1 aliphatic heterocycles. The maximum absolute atomic E-state index is 6.28. The van der Waals surface area contributed by atoms with Crippen LogP contribution in [0.5, 0.6) is 0 Å². The summed E-state index contributed by atoms with van der Waals surface area (Å²) in [6, 6.07) is 23.8. The highest BCUT2D eigenvalue weighted by Crippen LogP contribution is 2.40. The molecule has 0 bridgehead atoms. The van der Waals surface area contributed by atoms with Gasteiger partial charge in [0.05, 0.1) is 30.0 Å². The lowest BCUT2D eigenvalue weighted by Gasteiger charge is -2.28. The third-order valence-corrected chi connectivity index (χ3v) is 6.01. The Kier molecular flexibility index (Phi) is 5.40. The van der Waals surface area contributed by atoms with Crippen molar-refractivity contribution in [1.82, 2.24) is 24.8 Å². The second-order valence-electron chi connectivity index (χ2n) is 7.36. The van der Waals surface area contributed by atoms with E-state index in [1.807, 2.05) is 73.1 Å². The van der Waals surface area contributed by atoms with Gasteiger partial charge in [0.15, 0.2) is 5.11 Å². The van der Waals surface area contributed by atoms with Crippen molar-refractivity contribution >= 4 is 28.9 Å². The molecule has 0 unspecified atom stereocenters. The van der Waals surface area contributed by atoms with Gasteiger partial charge < -0.3 is 14.8 Å². The smallest absolute Gasteiger partial charge is 0.170 e. The molecular weight excluding hydrogens is 426 g/mol. The van der Waals surface area contributed by atoms with Crippen molar-refractivity contribution in [3.05, 3.63) is 113 Å². The fraction of sp³-hybridized carbons (Fsp3) is 0.125. The van der Waals surface area contributed by atoms with Gasteiger partial charge >= 0.3 is 0 Å². The molecule has 2 atom stereocenters. The van der Waals surface area contributed by atoms with Crippen molar-refractivity contribution in [3.8, 4) is 5.69 Å². The molecule has 1 aromatic carbocycles. The molecule has 4 aromatic rings. The Labute approximate surface area is 191 Å². The fourth-order valence-corrected chi connectivity index (χ4v) is 4.55. The van der Waals surface area contributed by atoms with Gasteiger partial charge in [-0.05, 0) is 66.8 Å². The molecule has 4 heterocycles. The Hall–Kier alpha value is -3.22. The molecule has 0 saturated carbocycles. The molecular formula is C24H20ClN5S. The molecule has 7 heteroatoms. The van der Waals surface area contributed by atoms with Crippen LogP contribution >= 0.6 is 23.8 Å². The first-order chi connectivity index (χ1) is 15.2. The SMILES string of the molecule is S=C1N[C@H](c2ccccn2)[C@@H](c2cccn2-c2cccc(Cl)c2)N1Cc1ccccn1. The van der Waals surface area contributed by atoms with Gasteiger partial charge in [0, 0.05) is 35.0 Å². The van der Waals surface area contributed by atoms with Crippen LogP contribution < -0.4 is 5.32 Å². The van der Waals surface area contributed by atoms with Gasteiger partial charge in [-0.3, -0.25) is 9.97 Å². The summed E-state index contributed by atoms with van der Waals surface area (Å²) >= 11 is 12.1. The highest BCUT2D eigenvalue weighted by Gasteiger charge is 2.41. The third-order valence-electron chi connectivity index (χ3n) is 5.43. The molecule has 0 spiro atoms. The lowest BCUT2D eigenvalue weighted by Crippen LogP contribution is -2.30. The van der Waals surface area contributed by atoms with Gasteiger partial charge in [-0.2, -0.15) is 0 Å². The fourth-order valence-electron chi connectivity index (χ4n) is 4.06. The van der Waals surface area contributed by atoms with Gasteiger partial charge in [0.2, 0.25) is 0 Å². The number of halogens is 1. The summed E-state index contributed by atoms with van der Waals surface area (Å²) in [5.74, 6) is 0. The molecule has 1 fully saturated rings. The highest BCUT2D eigenvalue weighted by molar-refractivity contribution is 7.80. The average molecular weight is 446 g/mol. The molecule has 5 rings (SSSR count). The van der Waals surface area contributed by atoms with Crippen LogP contribution in [0.2, 0.25) is 5.02 Å².